The van der Waals surface area contributed by atoms with Crippen molar-refractivity contribution >= 4 is 23.4 Å². The van der Waals surface area contributed by atoms with E-state index in [1.807, 2.05) is 18.4 Å². The van der Waals surface area contributed by atoms with Crippen molar-refractivity contribution in [2.45, 2.75) is 37.8 Å². The van der Waals surface area contributed by atoms with Gasteiger partial charge in [-0.2, -0.15) is 0 Å². The molecule has 2 aromatic rings. The van der Waals surface area contributed by atoms with Crippen LogP contribution in [0, 0.1) is 5.41 Å². The second kappa shape index (κ2) is 7.50. The van der Waals surface area contributed by atoms with Crippen molar-refractivity contribution in [3.8, 4) is 11.5 Å². The molecule has 0 saturated heterocycles. The van der Waals surface area contributed by atoms with Gasteiger partial charge in [0.2, 0.25) is 0 Å². The van der Waals surface area contributed by atoms with E-state index in [0.717, 1.165) is 11.3 Å². The van der Waals surface area contributed by atoms with Crippen LogP contribution in [-0.2, 0) is 4.79 Å². The maximum absolute atomic E-state index is 13.3. The summed E-state index contributed by atoms with van der Waals surface area (Å²) in [5.74, 6) is 1.17. The zero-order valence-electron chi connectivity index (χ0n) is 17.7. The number of carbonyl (C=O) groups is 1. The highest BCUT2D eigenvalue weighted by Gasteiger charge is 2.42. The van der Waals surface area contributed by atoms with Crippen molar-refractivity contribution in [1.82, 2.24) is 9.97 Å². The van der Waals surface area contributed by atoms with Gasteiger partial charge in [-0.05, 0) is 35.8 Å². The lowest BCUT2D eigenvalue weighted by Crippen LogP contribution is -2.37. The number of ketones is 1. The summed E-state index contributed by atoms with van der Waals surface area (Å²) in [5, 5.41) is 3.84. The van der Waals surface area contributed by atoms with Gasteiger partial charge in [-0.1, -0.05) is 31.7 Å². The Hall–Kier alpha value is -2.74. The van der Waals surface area contributed by atoms with Crippen molar-refractivity contribution in [1.29, 1.82) is 0 Å². The Bertz CT molecular complexity index is 1120. The van der Waals surface area contributed by atoms with E-state index in [4.69, 9.17) is 9.47 Å². The summed E-state index contributed by atoms with van der Waals surface area (Å²) in [6, 6.07) is 5.50. The molecule has 4 rings (SSSR count). The molecule has 30 heavy (non-hydrogen) atoms. The molecule has 2 aliphatic rings. The van der Waals surface area contributed by atoms with E-state index < -0.39 is 5.92 Å². The number of anilines is 1. The van der Waals surface area contributed by atoms with Crippen LogP contribution in [-0.4, -0.2) is 36.2 Å². The summed E-state index contributed by atoms with van der Waals surface area (Å²) in [4.78, 5) is 33.8. The predicted molar refractivity (Wildman–Crippen MR) is 117 cm³/mol. The molecular formula is C22H25N3O4S. The van der Waals surface area contributed by atoms with Crippen LogP contribution in [0.4, 0.5) is 5.82 Å². The number of nitrogens with one attached hydrogen (secondary N) is 2. The molecule has 158 valence electrons. The fourth-order valence-corrected chi connectivity index (χ4v) is 4.73. The van der Waals surface area contributed by atoms with Crippen LogP contribution < -0.4 is 20.3 Å². The number of hydrogen-bond acceptors (Lipinski definition) is 7. The first-order valence-electron chi connectivity index (χ1n) is 9.71. The van der Waals surface area contributed by atoms with Crippen LogP contribution in [0.15, 0.2) is 39.4 Å². The standard InChI is InChI=1S/C22H25N3O4S/c1-22(2)9-12-17(13(26)10-22)16(11-6-7-14(28-3)15(8-11)29-4)18-19(23-12)24-21(30-5)25-20(18)27/h6-8,16H,9-10H2,1-5H3,(H2,23,24,25,27)/t16-/m1/s1. The third-order valence-electron chi connectivity index (χ3n) is 5.63. The monoisotopic (exact) mass is 427 g/mol. The Morgan fingerprint density at radius 2 is 1.87 bits per heavy atom. The Morgan fingerprint density at radius 1 is 1.13 bits per heavy atom. The molecule has 2 heterocycles. The Labute approximate surface area is 179 Å². The topological polar surface area (TPSA) is 93.3 Å². The number of benzene rings is 1. The smallest absolute Gasteiger partial charge is 0.257 e. The number of allylic oxidation sites excluding steroid dienone is 2. The summed E-state index contributed by atoms with van der Waals surface area (Å²) >= 11 is 1.37. The highest BCUT2D eigenvalue weighted by Crippen LogP contribution is 2.48. The number of methoxy groups -OCH3 is 2. The van der Waals surface area contributed by atoms with E-state index in [1.54, 1.807) is 20.3 Å². The highest BCUT2D eigenvalue weighted by atomic mass is 32.2. The molecule has 0 bridgehead atoms. The molecule has 0 amide bonds. The lowest BCUT2D eigenvalue weighted by atomic mass is 9.69. The molecule has 1 atom stereocenters. The fourth-order valence-electron chi connectivity index (χ4n) is 4.36. The summed E-state index contributed by atoms with van der Waals surface area (Å²) in [6.45, 7) is 4.16. The van der Waals surface area contributed by atoms with Gasteiger partial charge in [0.1, 0.15) is 5.82 Å². The molecular weight excluding hydrogens is 402 g/mol. The second-order valence-electron chi connectivity index (χ2n) is 8.34. The summed E-state index contributed by atoms with van der Waals surface area (Å²) in [5.41, 5.74) is 2.31. The van der Waals surface area contributed by atoms with Gasteiger partial charge >= 0.3 is 0 Å². The van der Waals surface area contributed by atoms with Crippen molar-refractivity contribution in [2.75, 3.05) is 25.8 Å². The number of fused-ring (bicyclic) bond motifs is 1. The van der Waals surface area contributed by atoms with Crippen LogP contribution in [0.5, 0.6) is 11.5 Å². The Balaban J connectivity index is 1.98. The molecule has 2 N–H and O–H groups in total. The summed E-state index contributed by atoms with van der Waals surface area (Å²) < 4.78 is 10.8. The minimum atomic E-state index is -0.521. The van der Waals surface area contributed by atoms with Gasteiger partial charge in [0, 0.05) is 23.6 Å². The van der Waals surface area contributed by atoms with E-state index in [-0.39, 0.29) is 16.8 Å². The Morgan fingerprint density at radius 3 is 2.53 bits per heavy atom. The van der Waals surface area contributed by atoms with Gasteiger partial charge < -0.3 is 19.8 Å². The van der Waals surface area contributed by atoms with E-state index >= 15 is 0 Å². The first kappa shape index (κ1) is 20.5. The van der Waals surface area contributed by atoms with Crippen molar-refractivity contribution in [2.24, 2.45) is 5.41 Å². The average Bonchev–Trinajstić information content (AvgIpc) is 2.70. The van der Waals surface area contributed by atoms with Crippen LogP contribution in [0.3, 0.4) is 0 Å². The molecule has 0 unspecified atom stereocenters. The first-order valence-corrected chi connectivity index (χ1v) is 10.9. The van der Waals surface area contributed by atoms with E-state index in [9.17, 15) is 9.59 Å². The SMILES string of the molecule is COc1ccc([C@@H]2C3=C(CC(C)(C)CC3=O)Nc3nc(SC)[nH]c(=O)c32)cc1OC. The zero-order valence-corrected chi connectivity index (χ0v) is 18.5. The van der Waals surface area contributed by atoms with E-state index in [1.165, 1.54) is 11.8 Å². The minimum absolute atomic E-state index is 0.0486. The zero-order chi connectivity index (χ0) is 21.6. The highest BCUT2D eigenvalue weighted by molar-refractivity contribution is 7.98. The number of nitrogens with zero attached hydrogens (tertiary/aromatic N) is 1. The minimum Gasteiger partial charge on any atom is -0.493 e. The number of carbonyl (C=O) groups excluding carboxylic acids is 1. The van der Waals surface area contributed by atoms with Crippen LogP contribution >= 0.6 is 11.8 Å². The molecule has 7 nitrogen and oxygen atoms in total. The van der Waals surface area contributed by atoms with Crippen LogP contribution in [0.1, 0.15) is 43.7 Å². The van der Waals surface area contributed by atoms with Crippen molar-refractivity contribution in [3.63, 3.8) is 0 Å². The largest absolute Gasteiger partial charge is 0.493 e. The molecule has 1 aliphatic heterocycles. The van der Waals surface area contributed by atoms with Crippen LogP contribution in [0.25, 0.3) is 0 Å². The number of aromatic nitrogens is 2. The number of ether oxygens (including phenoxy) is 2. The lowest BCUT2D eigenvalue weighted by molar-refractivity contribution is -0.118. The molecule has 1 aromatic heterocycles. The van der Waals surface area contributed by atoms with Gasteiger partial charge in [0.15, 0.2) is 22.4 Å². The van der Waals surface area contributed by atoms with E-state index in [0.29, 0.717) is 46.5 Å². The first-order chi connectivity index (χ1) is 14.3. The van der Waals surface area contributed by atoms with Gasteiger partial charge in [0.25, 0.3) is 5.56 Å². The lowest BCUT2D eigenvalue weighted by Gasteiger charge is -2.38. The molecule has 1 aromatic carbocycles. The normalized spacial score (nSPS) is 19.6. The third kappa shape index (κ3) is 3.39. The number of H-pyrrole nitrogens is 1. The summed E-state index contributed by atoms with van der Waals surface area (Å²) in [6.07, 6.45) is 3.00. The Kier molecular flexibility index (Phi) is 5.13. The molecule has 0 spiro atoms. The van der Waals surface area contributed by atoms with Gasteiger partial charge in [-0.3, -0.25) is 9.59 Å². The molecule has 1 aliphatic carbocycles. The van der Waals surface area contributed by atoms with Gasteiger partial charge in [-0.15, -0.1) is 0 Å². The maximum Gasteiger partial charge on any atom is 0.257 e. The predicted octanol–water partition coefficient (Wildman–Crippen LogP) is 3.71. The quantitative estimate of drug-likeness (QED) is 0.567. The average molecular weight is 428 g/mol. The second-order valence-corrected chi connectivity index (χ2v) is 9.14. The number of rotatable bonds is 4. The molecule has 0 fully saturated rings. The third-order valence-corrected chi connectivity index (χ3v) is 6.21. The number of aromatic amines is 1. The molecule has 0 radical (unpaired) electrons. The van der Waals surface area contributed by atoms with Crippen LogP contribution in [0.2, 0.25) is 0 Å². The van der Waals surface area contributed by atoms with Gasteiger partial charge in [-0.25, -0.2) is 4.98 Å². The fraction of sp³-hybridized carbons (Fsp3) is 0.409. The molecule has 0 saturated carbocycles. The number of thioether (sulfide) groups is 1. The van der Waals surface area contributed by atoms with Crippen molar-refractivity contribution in [3.05, 3.63) is 50.9 Å². The van der Waals surface area contributed by atoms with Gasteiger partial charge in [0.05, 0.1) is 19.8 Å². The van der Waals surface area contributed by atoms with Crippen molar-refractivity contribution < 1.29 is 14.3 Å². The van der Waals surface area contributed by atoms with E-state index in [2.05, 4.69) is 29.1 Å². The number of Topliss-reactive ketones (excluding diaryl/α,β-unsaturated/α-hetero) is 1. The maximum atomic E-state index is 13.3. The number of hydrogen-bond donors (Lipinski definition) is 2. The summed E-state index contributed by atoms with van der Waals surface area (Å²) in [7, 11) is 3.14. The molecule has 8 heteroatoms.